The Morgan fingerprint density at radius 1 is 0.361 bits per heavy atom. The van der Waals surface area contributed by atoms with Crippen LogP contribution < -0.4 is 0 Å². The van der Waals surface area contributed by atoms with Crippen molar-refractivity contribution in [2.75, 3.05) is 0 Å². The first-order valence-electron chi connectivity index (χ1n) is 27.2. The highest BCUT2D eigenvalue weighted by Crippen LogP contribution is 2.51. The number of aryl methyl sites for hydroxylation is 7. The van der Waals surface area contributed by atoms with Gasteiger partial charge in [0.15, 0.2) is 0 Å². The van der Waals surface area contributed by atoms with Crippen molar-refractivity contribution in [1.82, 2.24) is 4.98 Å². The second-order valence-electron chi connectivity index (χ2n) is 20.4. The zero-order valence-electron chi connectivity index (χ0n) is 44.1. The average molecular weight is 943 g/mol. The monoisotopic (exact) mass is 943 g/mol. The van der Waals surface area contributed by atoms with Gasteiger partial charge in [-0.1, -0.05) is 240 Å². The molecule has 9 rings (SSSR count). The van der Waals surface area contributed by atoms with E-state index in [9.17, 15) is 0 Å². The number of allylic oxidation sites excluding steroid dienone is 2. The van der Waals surface area contributed by atoms with Gasteiger partial charge in [-0.2, -0.15) is 0 Å². The molecule has 2 nitrogen and oxygen atoms in total. The minimum atomic E-state index is 0.968. The van der Waals surface area contributed by atoms with Crippen LogP contribution in [-0.4, -0.2) is 10.7 Å². The van der Waals surface area contributed by atoms with Gasteiger partial charge in [0.05, 0.1) is 22.8 Å². The van der Waals surface area contributed by atoms with E-state index >= 15 is 0 Å². The number of rotatable bonds is 20. The Labute approximate surface area is 431 Å². The van der Waals surface area contributed by atoms with Crippen molar-refractivity contribution in [1.29, 1.82) is 0 Å². The lowest BCUT2D eigenvalue weighted by Gasteiger charge is -2.18. The van der Waals surface area contributed by atoms with Crippen molar-refractivity contribution in [3.8, 4) is 33.5 Å². The predicted molar refractivity (Wildman–Crippen MR) is 311 cm³/mol. The summed E-state index contributed by atoms with van der Waals surface area (Å²) < 4.78 is 0. The van der Waals surface area contributed by atoms with Crippen molar-refractivity contribution in [3.05, 3.63) is 242 Å². The van der Waals surface area contributed by atoms with Crippen LogP contribution >= 0.6 is 0 Å². The standard InChI is InChI=1S/C70H74N2/c1-8-12-16-51-26-40-57(41-27-51)62-64(55-34-20-48(5)21-35-55)69(71-67(62)60-44-30-53(31-45-60)18-14-10-3)66(59-38-24-50(7)25-39-59)70-65(56-36-22-49(6)23-37-56)63(58-42-28-52(29-43-58)17-13-9-2)68(72-70)61-46-32-54(33-47-61)19-15-11-4/h20-47,71H,8-19H2,1-7H3/b70-66-. The molecule has 72 heavy (non-hydrogen) atoms. The molecule has 364 valence electrons. The first-order valence-corrected chi connectivity index (χ1v) is 27.2. The van der Waals surface area contributed by atoms with E-state index in [1.54, 1.807) is 0 Å². The summed E-state index contributed by atoms with van der Waals surface area (Å²) >= 11 is 0. The van der Waals surface area contributed by atoms with E-state index in [0.717, 1.165) is 81.9 Å². The molecule has 7 aromatic carbocycles. The number of aromatic amines is 1. The summed E-state index contributed by atoms with van der Waals surface area (Å²) in [6.45, 7) is 15.6. The van der Waals surface area contributed by atoms with Crippen LogP contribution in [0.1, 0.15) is 146 Å². The largest absolute Gasteiger partial charge is 0.353 e. The Morgan fingerprint density at radius 2 is 0.708 bits per heavy atom. The van der Waals surface area contributed by atoms with Crippen LogP contribution in [0.4, 0.5) is 0 Å². The number of hydrogen-bond donors (Lipinski definition) is 1. The lowest BCUT2D eigenvalue weighted by molar-refractivity contribution is 0.795. The molecule has 1 aliphatic heterocycles. The van der Waals surface area contributed by atoms with Crippen molar-refractivity contribution < 1.29 is 0 Å². The lowest BCUT2D eigenvalue weighted by atomic mass is 9.85. The summed E-state index contributed by atoms with van der Waals surface area (Å²) in [6.07, 6.45) is 13.7. The normalized spacial score (nSPS) is 13.2. The van der Waals surface area contributed by atoms with Crippen LogP contribution in [0.3, 0.4) is 0 Å². The van der Waals surface area contributed by atoms with Gasteiger partial charge in [0.2, 0.25) is 0 Å². The molecular formula is C70H74N2. The number of hydrogen-bond acceptors (Lipinski definition) is 1. The molecule has 2 heteroatoms. The van der Waals surface area contributed by atoms with Gasteiger partial charge in [-0.15, -0.1) is 0 Å². The van der Waals surface area contributed by atoms with Crippen LogP contribution in [0, 0.1) is 20.8 Å². The van der Waals surface area contributed by atoms with Gasteiger partial charge in [-0.3, -0.25) is 0 Å². The van der Waals surface area contributed by atoms with Crippen molar-refractivity contribution >= 4 is 22.4 Å². The van der Waals surface area contributed by atoms with E-state index in [-0.39, 0.29) is 0 Å². The van der Waals surface area contributed by atoms with Gasteiger partial charge in [-0.05, 0) is 128 Å². The fraction of sp³-hybridized carbons (Fsp3) is 0.271. The third kappa shape index (κ3) is 11.2. The minimum absolute atomic E-state index is 0.968. The first kappa shape index (κ1) is 49.9. The molecular weight excluding hydrogens is 869 g/mol. The van der Waals surface area contributed by atoms with E-state index in [2.05, 4.69) is 223 Å². The SMILES string of the molecule is CCCCc1ccc(C2=N/C(=C(/c3ccc(C)cc3)c3[nH]c(-c4ccc(CCCC)cc4)c(-c4ccc(CCCC)cc4)c3-c3ccc(C)cc3)C(c3ccc(C)cc3)=C2c2ccc(CCCC)cc2)cc1. The molecule has 1 N–H and O–H groups in total. The van der Waals surface area contributed by atoms with Gasteiger partial charge in [0, 0.05) is 33.4 Å². The molecule has 1 aromatic heterocycles. The summed E-state index contributed by atoms with van der Waals surface area (Å²) in [5.41, 5.74) is 27.2. The number of benzene rings is 7. The Kier molecular flexibility index (Phi) is 16.3. The molecule has 0 spiro atoms. The summed E-state index contributed by atoms with van der Waals surface area (Å²) in [5.74, 6) is 0. The molecule has 0 amide bonds. The molecule has 0 fully saturated rings. The molecule has 1 aliphatic rings. The van der Waals surface area contributed by atoms with E-state index in [4.69, 9.17) is 4.99 Å². The number of nitrogens with one attached hydrogen (secondary N) is 1. The quantitative estimate of drug-likeness (QED) is 0.0789. The Balaban J connectivity index is 1.42. The third-order valence-electron chi connectivity index (χ3n) is 14.7. The Hall–Kier alpha value is -7.03. The molecule has 0 aliphatic carbocycles. The lowest BCUT2D eigenvalue weighted by Crippen LogP contribution is -2.03. The second-order valence-corrected chi connectivity index (χ2v) is 20.4. The molecule has 0 unspecified atom stereocenters. The highest BCUT2D eigenvalue weighted by atomic mass is 14.8. The van der Waals surface area contributed by atoms with E-state index in [0.29, 0.717) is 0 Å². The molecule has 0 saturated carbocycles. The van der Waals surface area contributed by atoms with Crippen LogP contribution in [0.15, 0.2) is 181 Å². The topological polar surface area (TPSA) is 28.1 Å². The van der Waals surface area contributed by atoms with Gasteiger partial charge in [-0.25, -0.2) is 4.99 Å². The number of aromatic nitrogens is 1. The number of aliphatic imine (C=N–C) groups is 1. The van der Waals surface area contributed by atoms with Gasteiger partial charge < -0.3 is 4.98 Å². The maximum absolute atomic E-state index is 6.05. The van der Waals surface area contributed by atoms with E-state index in [1.165, 1.54) is 124 Å². The van der Waals surface area contributed by atoms with Crippen molar-refractivity contribution in [2.45, 2.75) is 126 Å². The number of nitrogens with zero attached hydrogens (tertiary/aromatic N) is 1. The second kappa shape index (κ2) is 23.5. The summed E-state index contributed by atoms with van der Waals surface area (Å²) in [5, 5.41) is 0. The van der Waals surface area contributed by atoms with Crippen LogP contribution in [0.5, 0.6) is 0 Å². The molecule has 0 atom stereocenters. The highest BCUT2D eigenvalue weighted by molar-refractivity contribution is 6.42. The van der Waals surface area contributed by atoms with Crippen LogP contribution in [-0.2, 0) is 25.7 Å². The van der Waals surface area contributed by atoms with E-state index < -0.39 is 0 Å². The van der Waals surface area contributed by atoms with Crippen LogP contribution in [0.25, 0.3) is 50.2 Å². The molecule has 2 heterocycles. The van der Waals surface area contributed by atoms with Gasteiger partial charge in [0.1, 0.15) is 0 Å². The Morgan fingerprint density at radius 3 is 1.15 bits per heavy atom. The average Bonchev–Trinajstić information content (AvgIpc) is 4.00. The minimum Gasteiger partial charge on any atom is -0.353 e. The van der Waals surface area contributed by atoms with Gasteiger partial charge >= 0.3 is 0 Å². The molecule has 0 radical (unpaired) electrons. The van der Waals surface area contributed by atoms with E-state index in [1.807, 2.05) is 0 Å². The van der Waals surface area contributed by atoms with Crippen LogP contribution in [0.2, 0.25) is 0 Å². The Bertz CT molecular complexity index is 3150. The van der Waals surface area contributed by atoms with Crippen molar-refractivity contribution in [3.63, 3.8) is 0 Å². The zero-order chi connectivity index (χ0) is 50.0. The third-order valence-corrected chi connectivity index (χ3v) is 14.7. The molecule has 0 saturated heterocycles. The number of H-pyrrole nitrogens is 1. The molecule has 0 bridgehead atoms. The summed E-state index contributed by atoms with van der Waals surface area (Å²) in [7, 11) is 0. The first-order chi connectivity index (χ1) is 35.3. The summed E-state index contributed by atoms with van der Waals surface area (Å²) in [4.78, 5) is 10.3. The zero-order valence-corrected chi connectivity index (χ0v) is 44.1. The molecule has 8 aromatic rings. The maximum Gasteiger partial charge on any atom is 0.0822 e. The summed E-state index contributed by atoms with van der Waals surface area (Å²) in [6, 6.07) is 64.9. The predicted octanol–water partition coefficient (Wildman–Crippen LogP) is 19.2. The highest BCUT2D eigenvalue weighted by Gasteiger charge is 2.33. The van der Waals surface area contributed by atoms with Gasteiger partial charge in [0.25, 0.3) is 0 Å². The smallest absolute Gasteiger partial charge is 0.0822 e. The van der Waals surface area contributed by atoms with Crippen molar-refractivity contribution in [2.24, 2.45) is 4.99 Å². The fourth-order valence-electron chi connectivity index (χ4n) is 10.3. The fourth-order valence-corrected chi connectivity index (χ4v) is 10.3. The maximum atomic E-state index is 6.05. The number of unbranched alkanes of at least 4 members (excludes halogenated alkanes) is 4.